The van der Waals surface area contributed by atoms with E-state index in [2.05, 4.69) is 29.5 Å². The molecule has 2 aromatic heterocycles. The third kappa shape index (κ3) is 5.21. The molecule has 9 heteroatoms. The van der Waals surface area contributed by atoms with E-state index in [9.17, 15) is 13.2 Å². The summed E-state index contributed by atoms with van der Waals surface area (Å²) in [5.74, 6) is 0.654. The van der Waals surface area contributed by atoms with Crippen LogP contribution in [0.2, 0.25) is 0 Å². The fourth-order valence-corrected chi connectivity index (χ4v) is 6.99. The van der Waals surface area contributed by atoms with Gasteiger partial charge in [-0.1, -0.05) is 32.0 Å². The van der Waals surface area contributed by atoms with Crippen LogP contribution in [-0.4, -0.2) is 35.0 Å². The summed E-state index contributed by atoms with van der Waals surface area (Å²) in [6.07, 6.45) is 3.10. The molecule has 0 unspecified atom stereocenters. The van der Waals surface area contributed by atoms with E-state index < -0.39 is 21.8 Å². The molecule has 0 aliphatic carbocycles. The summed E-state index contributed by atoms with van der Waals surface area (Å²) in [5, 5.41) is 10.9. The highest BCUT2D eigenvalue weighted by Crippen LogP contribution is 2.42. The minimum atomic E-state index is -3.83. The Balaban J connectivity index is 2.08. The zero-order valence-corrected chi connectivity index (χ0v) is 20.6. The van der Waals surface area contributed by atoms with Crippen molar-refractivity contribution in [3.8, 4) is 11.1 Å². The first-order valence-corrected chi connectivity index (χ1v) is 12.9. The summed E-state index contributed by atoms with van der Waals surface area (Å²) in [6, 6.07) is 6.04. The number of nitrogens with zero attached hydrogens (tertiary/aromatic N) is 2. The first kappa shape index (κ1) is 24.0. The highest BCUT2D eigenvalue weighted by Gasteiger charge is 2.28. The largest absolute Gasteiger partial charge is 0.465 e. The molecular formula is C23H29N3O4S2. The van der Waals surface area contributed by atoms with E-state index in [0.29, 0.717) is 18.0 Å². The predicted octanol–water partition coefficient (Wildman–Crippen LogP) is 4.78. The Hall–Kier alpha value is -2.65. The molecule has 1 amide bonds. The van der Waals surface area contributed by atoms with Gasteiger partial charge >= 0.3 is 6.09 Å². The lowest BCUT2D eigenvalue weighted by molar-refractivity contribution is 0.196. The lowest BCUT2D eigenvalue weighted by Gasteiger charge is -2.13. The Morgan fingerprint density at radius 2 is 1.97 bits per heavy atom. The van der Waals surface area contributed by atoms with Crippen LogP contribution in [0.3, 0.4) is 0 Å². The Kier molecular flexibility index (Phi) is 7.09. The maximum absolute atomic E-state index is 13.1. The number of hydrogen-bond donors (Lipinski definition) is 2. The monoisotopic (exact) mass is 475 g/mol. The number of rotatable bonds is 8. The molecule has 172 valence electrons. The molecular weight excluding hydrogens is 446 g/mol. The summed E-state index contributed by atoms with van der Waals surface area (Å²) >= 11 is 1.25. The average molecular weight is 476 g/mol. The Morgan fingerprint density at radius 1 is 1.25 bits per heavy atom. The second-order valence-corrected chi connectivity index (χ2v) is 11.7. The van der Waals surface area contributed by atoms with Crippen LogP contribution in [0.4, 0.5) is 4.79 Å². The van der Waals surface area contributed by atoms with Crippen LogP contribution in [0, 0.1) is 26.7 Å². The van der Waals surface area contributed by atoms with E-state index in [1.165, 1.54) is 11.3 Å². The van der Waals surface area contributed by atoms with Crippen LogP contribution in [0.25, 0.3) is 11.1 Å². The van der Waals surface area contributed by atoms with E-state index in [-0.39, 0.29) is 4.21 Å². The van der Waals surface area contributed by atoms with Crippen LogP contribution in [0.5, 0.6) is 0 Å². The van der Waals surface area contributed by atoms with Gasteiger partial charge in [0.15, 0.2) is 0 Å². The third-order valence-corrected chi connectivity index (χ3v) is 8.75. The standard InChI is InChI=1S/C23H29N3O4S2/c1-14(2)10-20-16(4)21(22(31-20)32(29,30)13-25-23(27)28)19-7-6-18(11-15(19)3)12-26-9-8-24-17(26)5/h6-9,11,14,25H,10,12-13H2,1-5H3,(H,27,28). The van der Waals surface area contributed by atoms with Gasteiger partial charge in [-0.2, -0.15) is 0 Å². The Morgan fingerprint density at radius 3 is 2.53 bits per heavy atom. The lowest BCUT2D eigenvalue weighted by Crippen LogP contribution is -2.27. The molecule has 0 aliphatic heterocycles. The lowest BCUT2D eigenvalue weighted by atomic mass is 9.96. The van der Waals surface area contributed by atoms with E-state index in [1.807, 2.05) is 44.4 Å². The second kappa shape index (κ2) is 9.46. The molecule has 0 saturated carbocycles. The van der Waals surface area contributed by atoms with Crippen molar-refractivity contribution in [2.24, 2.45) is 5.92 Å². The van der Waals surface area contributed by atoms with E-state index in [4.69, 9.17) is 5.11 Å². The van der Waals surface area contributed by atoms with Gasteiger partial charge in [-0.25, -0.2) is 18.2 Å². The summed E-state index contributed by atoms with van der Waals surface area (Å²) in [5.41, 5.74) is 4.55. The molecule has 32 heavy (non-hydrogen) atoms. The zero-order chi connectivity index (χ0) is 23.6. The number of thiophene rings is 1. The van der Waals surface area contributed by atoms with Crippen molar-refractivity contribution in [1.29, 1.82) is 0 Å². The number of aromatic nitrogens is 2. The fraction of sp³-hybridized carbons (Fsp3) is 0.391. The molecule has 2 N–H and O–H groups in total. The van der Waals surface area contributed by atoms with E-state index in [1.54, 1.807) is 6.20 Å². The number of amides is 1. The number of sulfone groups is 1. The highest BCUT2D eigenvalue weighted by atomic mass is 32.2. The topological polar surface area (TPSA) is 101 Å². The molecule has 0 radical (unpaired) electrons. The molecule has 0 fully saturated rings. The normalized spacial score (nSPS) is 11.8. The number of nitrogens with one attached hydrogen (secondary N) is 1. The van der Waals surface area contributed by atoms with Gasteiger partial charge in [-0.05, 0) is 55.4 Å². The van der Waals surface area contributed by atoms with Crippen LogP contribution in [0.15, 0.2) is 34.8 Å². The minimum absolute atomic E-state index is 0.223. The van der Waals surface area contributed by atoms with Crippen LogP contribution < -0.4 is 5.32 Å². The SMILES string of the molecule is Cc1cc(Cn2ccnc2C)ccc1-c1c(S(=O)(=O)CNC(=O)O)sc(CC(C)C)c1C. The summed E-state index contributed by atoms with van der Waals surface area (Å²) < 4.78 is 28.4. The molecule has 3 aromatic rings. The van der Waals surface area contributed by atoms with Gasteiger partial charge in [0, 0.05) is 29.4 Å². The summed E-state index contributed by atoms with van der Waals surface area (Å²) in [4.78, 5) is 16.2. The number of benzene rings is 1. The molecule has 0 bridgehead atoms. The van der Waals surface area contributed by atoms with Crippen molar-refractivity contribution in [1.82, 2.24) is 14.9 Å². The average Bonchev–Trinajstić information content (AvgIpc) is 3.24. The van der Waals surface area contributed by atoms with Gasteiger partial charge in [0.2, 0.25) is 9.84 Å². The maximum Gasteiger partial charge on any atom is 0.405 e. The number of imidazole rings is 1. The second-order valence-electron chi connectivity index (χ2n) is 8.40. The molecule has 7 nitrogen and oxygen atoms in total. The molecule has 0 saturated heterocycles. The maximum atomic E-state index is 13.1. The van der Waals surface area contributed by atoms with Gasteiger partial charge in [0.25, 0.3) is 0 Å². The van der Waals surface area contributed by atoms with E-state index >= 15 is 0 Å². The predicted molar refractivity (Wildman–Crippen MR) is 127 cm³/mol. The molecule has 0 atom stereocenters. The van der Waals surface area contributed by atoms with Crippen LogP contribution in [-0.2, 0) is 22.8 Å². The van der Waals surface area contributed by atoms with Crippen LogP contribution in [0.1, 0.15) is 41.2 Å². The van der Waals surface area contributed by atoms with Crippen molar-refractivity contribution in [3.05, 3.63) is 58.0 Å². The number of aryl methyl sites for hydroxylation is 2. The van der Waals surface area contributed by atoms with Gasteiger partial charge in [-0.3, -0.25) is 0 Å². The molecule has 0 aliphatic rings. The zero-order valence-electron chi connectivity index (χ0n) is 19.0. The number of carboxylic acid groups (broad SMARTS) is 1. The summed E-state index contributed by atoms with van der Waals surface area (Å²) in [7, 11) is -3.83. The quantitative estimate of drug-likeness (QED) is 0.488. The van der Waals surface area contributed by atoms with Gasteiger partial charge in [0.1, 0.15) is 15.9 Å². The number of hydrogen-bond acceptors (Lipinski definition) is 5. The highest BCUT2D eigenvalue weighted by molar-refractivity contribution is 7.93. The van der Waals surface area contributed by atoms with Crippen LogP contribution >= 0.6 is 11.3 Å². The molecule has 0 spiro atoms. The Bertz CT molecular complexity index is 1240. The van der Waals surface area contributed by atoms with Gasteiger partial charge in [0.05, 0.1) is 0 Å². The van der Waals surface area contributed by atoms with Crippen molar-refractivity contribution < 1.29 is 18.3 Å². The minimum Gasteiger partial charge on any atom is -0.465 e. The first-order chi connectivity index (χ1) is 15.0. The van der Waals surface area contributed by atoms with Crippen molar-refractivity contribution in [3.63, 3.8) is 0 Å². The molecule has 2 heterocycles. The fourth-order valence-electron chi connectivity index (χ4n) is 3.72. The summed E-state index contributed by atoms with van der Waals surface area (Å²) in [6.45, 7) is 10.8. The third-order valence-electron chi connectivity index (χ3n) is 5.34. The van der Waals surface area contributed by atoms with Gasteiger partial charge < -0.3 is 15.0 Å². The molecule has 1 aromatic carbocycles. The molecule has 3 rings (SSSR count). The Labute approximate surface area is 193 Å². The van der Waals surface area contributed by atoms with Crippen molar-refractivity contribution in [2.45, 2.75) is 51.8 Å². The smallest absolute Gasteiger partial charge is 0.405 e. The van der Waals surface area contributed by atoms with Crippen molar-refractivity contribution in [2.75, 3.05) is 5.88 Å². The van der Waals surface area contributed by atoms with E-state index in [0.717, 1.165) is 39.4 Å². The van der Waals surface area contributed by atoms with Gasteiger partial charge in [-0.15, -0.1) is 11.3 Å². The van der Waals surface area contributed by atoms with Crippen molar-refractivity contribution >= 4 is 27.3 Å². The number of carbonyl (C=O) groups is 1. The first-order valence-electron chi connectivity index (χ1n) is 10.4.